The SMILES string of the molecule is Cc1[nH]c2ccc(F)cc2c1C(O)C(=O)O. The van der Waals surface area contributed by atoms with Crippen LogP contribution in [0.3, 0.4) is 0 Å². The van der Waals surface area contributed by atoms with Gasteiger partial charge in [0.25, 0.3) is 0 Å². The van der Waals surface area contributed by atoms with Crippen LogP contribution in [0.1, 0.15) is 17.4 Å². The van der Waals surface area contributed by atoms with Crippen LogP contribution in [0.25, 0.3) is 10.9 Å². The highest BCUT2D eigenvalue weighted by Crippen LogP contribution is 2.28. The Morgan fingerprint density at radius 2 is 2.19 bits per heavy atom. The molecule has 1 heterocycles. The van der Waals surface area contributed by atoms with E-state index in [-0.39, 0.29) is 5.56 Å². The van der Waals surface area contributed by atoms with Crippen molar-refractivity contribution in [1.82, 2.24) is 4.98 Å². The smallest absolute Gasteiger partial charge is 0.337 e. The second kappa shape index (κ2) is 3.61. The minimum absolute atomic E-state index is 0.210. The van der Waals surface area contributed by atoms with Gasteiger partial charge in [-0.25, -0.2) is 9.18 Å². The number of hydrogen-bond donors (Lipinski definition) is 3. The van der Waals surface area contributed by atoms with E-state index in [0.717, 1.165) is 0 Å². The zero-order valence-corrected chi connectivity index (χ0v) is 8.49. The zero-order chi connectivity index (χ0) is 11.9. The molecule has 0 aliphatic heterocycles. The van der Waals surface area contributed by atoms with Gasteiger partial charge in [-0.15, -0.1) is 0 Å². The molecular formula is C11H10FNO3. The first-order valence-corrected chi connectivity index (χ1v) is 4.69. The summed E-state index contributed by atoms with van der Waals surface area (Å²) < 4.78 is 13.0. The summed E-state index contributed by atoms with van der Waals surface area (Å²) in [6.45, 7) is 1.64. The highest BCUT2D eigenvalue weighted by atomic mass is 19.1. The number of carbonyl (C=O) groups is 1. The highest BCUT2D eigenvalue weighted by Gasteiger charge is 2.22. The summed E-state index contributed by atoms with van der Waals surface area (Å²) in [5, 5.41) is 18.7. The van der Waals surface area contributed by atoms with Crippen molar-refractivity contribution in [1.29, 1.82) is 0 Å². The largest absolute Gasteiger partial charge is 0.479 e. The number of rotatable bonds is 2. The molecule has 0 fully saturated rings. The molecule has 0 radical (unpaired) electrons. The molecule has 1 aromatic carbocycles. The van der Waals surface area contributed by atoms with Crippen LogP contribution in [0.15, 0.2) is 18.2 Å². The van der Waals surface area contributed by atoms with Crippen molar-refractivity contribution in [2.75, 3.05) is 0 Å². The fraction of sp³-hybridized carbons (Fsp3) is 0.182. The van der Waals surface area contributed by atoms with E-state index in [2.05, 4.69) is 4.98 Å². The first-order chi connectivity index (χ1) is 7.50. The van der Waals surface area contributed by atoms with Gasteiger partial charge < -0.3 is 15.2 Å². The van der Waals surface area contributed by atoms with E-state index in [1.807, 2.05) is 0 Å². The lowest BCUT2D eigenvalue weighted by atomic mass is 10.1. The lowest BCUT2D eigenvalue weighted by Gasteiger charge is -2.05. The summed E-state index contributed by atoms with van der Waals surface area (Å²) in [6.07, 6.45) is -1.64. The Morgan fingerprint density at radius 1 is 1.50 bits per heavy atom. The van der Waals surface area contributed by atoms with Crippen molar-refractivity contribution >= 4 is 16.9 Å². The number of hydrogen-bond acceptors (Lipinski definition) is 2. The van der Waals surface area contributed by atoms with Crippen molar-refractivity contribution in [2.45, 2.75) is 13.0 Å². The summed E-state index contributed by atoms with van der Waals surface area (Å²) in [5.74, 6) is -1.82. The predicted molar refractivity (Wildman–Crippen MR) is 55.6 cm³/mol. The number of halogens is 1. The third-order valence-corrected chi connectivity index (χ3v) is 2.51. The van der Waals surface area contributed by atoms with Crippen LogP contribution in [0, 0.1) is 12.7 Å². The molecule has 0 saturated heterocycles. The number of aliphatic hydroxyl groups excluding tert-OH is 1. The van der Waals surface area contributed by atoms with Gasteiger partial charge in [0.2, 0.25) is 0 Å². The Morgan fingerprint density at radius 3 is 2.81 bits per heavy atom. The van der Waals surface area contributed by atoms with E-state index in [0.29, 0.717) is 16.6 Å². The molecule has 1 unspecified atom stereocenters. The summed E-state index contributed by atoms with van der Waals surface area (Å²) in [7, 11) is 0. The number of aromatic amines is 1. The van der Waals surface area contributed by atoms with Gasteiger partial charge in [-0.1, -0.05) is 0 Å². The molecule has 0 spiro atoms. The second-order valence-electron chi connectivity index (χ2n) is 3.59. The zero-order valence-electron chi connectivity index (χ0n) is 8.49. The number of H-pyrrole nitrogens is 1. The lowest BCUT2D eigenvalue weighted by Crippen LogP contribution is -2.11. The minimum Gasteiger partial charge on any atom is -0.479 e. The molecule has 0 aliphatic carbocycles. The number of aliphatic hydroxyl groups is 1. The molecule has 2 aromatic rings. The van der Waals surface area contributed by atoms with E-state index < -0.39 is 17.9 Å². The number of aryl methyl sites for hydroxylation is 1. The molecule has 3 N–H and O–H groups in total. The predicted octanol–water partition coefficient (Wildman–Crippen LogP) is 1.73. The van der Waals surface area contributed by atoms with E-state index in [4.69, 9.17) is 5.11 Å². The summed E-state index contributed by atoms with van der Waals surface area (Å²) in [6, 6.07) is 3.99. The molecule has 84 valence electrons. The average molecular weight is 223 g/mol. The molecule has 2 rings (SSSR count). The monoisotopic (exact) mass is 223 g/mol. The standard InChI is InChI=1S/C11H10FNO3/c1-5-9(10(14)11(15)16)7-4-6(12)2-3-8(7)13-5/h2-4,10,13-14H,1H3,(H,15,16). The Kier molecular flexibility index (Phi) is 2.40. The molecule has 5 heteroatoms. The Balaban J connectivity index is 2.72. The number of aliphatic carboxylic acids is 1. The minimum atomic E-state index is -1.64. The van der Waals surface area contributed by atoms with Crippen molar-refractivity contribution in [3.8, 4) is 0 Å². The number of benzene rings is 1. The lowest BCUT2D eigenvalue weighted by molar-refractivity contribution is -0.146. The fourth-order valence-corrected chi connectivity index (χ4v) is 1.80. The van der Waals surface area contributed by atoms with Gasteiger partial charge >= 0.3 is 5.97 Å². The fourth-order valence-electron chi connectivity index (χ4n) is 1.80. The van der Waals surface area contributed by atoms with Gasteiger partial charge in [0.05, 0.1) is 0 Å². The molecule has 0 amide bonds. The van der Waals surface area contributed by atoms with Crippen LogP contribution in [0.5, 0.6) is 0 Å². The summed E-state index contributed by atoms with van der Waals surface area (Å²) in [4.78, 5) is 13.6. The molecule has 0 aliphatic rings. The maximum absolute atomic E-state index is 13.0. The maximum atomic E-state index is 13.0. The molecule has 0 saturated carbocycles. The Bertz CT molecular complexity index is 562. The Labute approximate surface area is 90.3 Å². The van der Waals surface area contributed by atoms with E-state index in [1.54, 1.807) is 6.92 Å². The van der Waals surface area contributed by atoms with Crippen LogP contribution in [0.2, 0.25) is 0 Å². The number of nitrogens with one attached hydrogen (secondary N) is 1. The third-order valence-electron chi connectivity index (χ3n) is 2.51. The number of carboxylic acid groups (broad SMARTS) is 1. The molecule has 4 nitrogen and oxygen atoms in total. The van der Waals surface area contributed by atoms with Gasteiger partial charge in [-0.3, -0.25) is 0 Å². The molecule has 1 aromatic heterocycles. The van der Waals surface area contributed by atoms with Gasteiger partial charge in [-0.05, 0) is 25.1 Å². The second-order valence-corrected chi connectivity index (χ2v) is 3.59. The molecule has 1 atom stereocenters. The van der Waals surface area contributed by atoms with E-state index >= 15 is 0 Å². The van der Waals surface area contributed by atoms with E-state index in [1.165, 1.54) is 18.2 Å². The third kappa shape index (κ3) is 1.55. The van der Waals surface area contributed by atoms with Crippen molar-refractivity contribution < 1.29 is 19.4 Å². The number of fused-ring (bicyclic) bond motifs is 1. The van der Waals surface area contributed by atoms with Crippen molar-refractivity contribution in [3.05, 3.63) is 35.3 Å². The topological polar surface area (TPSA) is 73.3 Å². The normalized spacial score (nSPS) is 12.9. The average Bonchev–Trinajstić information content (AvgIpc) is 2.52. The quantitative estimate of drug-likeness (QED) is 0.725. The molecule has 16 heavy (non-hydrogen) atoms. The van der Waals surface area contributed by atoms with Gasteiger partial charge in [-0.2, -0.15) is 0 Å². The van der Waals surface area contributed by atoms with Crippen LogP contribution in [-0.2, 0) is 4.79 Å². The van der Waals surface area contributed by atoms with Gasteiger partial charge in [0.1, 0.15) is 5.82 Å². The first kappa shape index (κ1) is 10.6. The number of carboxylic acids is 1. The van der Waals surface area contributed by atoms with Gasteiger partial charge in [0.15, 0.2) is 6.10 Å². The first-order valence-electron chi connectivity index (χ1n) is 4.69. The van der Waals surface area contributed by atoms with Crippen molar-refractivity contribution in [3.63, 3.8) is 0 Å². The van der Waals surface area contributed by atoms with Crippen LogP contribution < -0.4 is 0 Å². The Hall–Kier alpha value is -1.88. The van der Waals surface area contributed by atoms with Gasteiger partial charge in [0, 0.05) is 22.2 Å². The highest BCUT2D eigenvalue weighted by molar-refractivity contribution is 5.89. The molecule has 0 bridgehead atoms. The van der Waals surface area contributed by atoms with E-state index in [9.17, 15) is 14.3 Å². The van der Waals surface area contributed by atoms with Crippen LogP contribution >= 0.6 is 0 Å². The maximum Gasteiger partial charge on any atom is 0.337 e. The molecular weight excluding hydrogens is 213 g/mol. The van der Waals surface area contributed by atoms with Crippen molar-refractivity contribution in [2.24, 2.45) is 0 Å². The summed E-state index contributed by atoms with van der Waals surface area (Å²) in [5.41, 5.74) is 1.34. The number of aromatic nitrogens is 1. The van der Waals surface area contributed by atoms with Crippen LogP contribution in [0.4, 0.5) is 4.39 Å². The van der Waals surface area contributed by atoms with Crippen LogP contribution in [-0.4, -0.2) is 21.2 Å². The summed E-state index contributed by atoms with van der Waals surface area (Å²) >= 11 is 0.